The summed E-state index contributed by atoms with van der Waals surface area (Å²) in [4.78, 5) is 9.47. The highest BCUT2D eigenvalue weighted by Gasteiger charge is 2.10. The van der Waals surface area contributed by atoms with Crippen molar-refractivity contribution in [2.45, 2.75) is 41.5 Å². The summed E-state index contributed by atoms with van der Waals surface area (Å²) in [5, 5.41) is 0. The molecule has 0 amide bonds. The molecule has 38 heavy (non-hydrogen) atoms. The molecule has 2 heterocycles. The van der Waals surface area contributed by atoms with E-state index in [1.54, 1.807) is 0 Å². The molecule has 0 aliphatic rings. The minimum atomic E-state index is 0.904. The Morgan fingerprint density at radius 2 is 0.816 bits per heavy atom. The molecule has 2 aromatic heterocycles. The van der Waals surface area contributed by atoms with Gasteiger partial charge in [0.2, 0.25) is 0 Å². The Labute approximate surface area is 225 Å². The molecule has 0 radical (unpaired) electrons. The highest BCUT2D eigenvalue weighted by atomic mass is 15.0. The molecule has 0 aliphatic heterocycles. The first-order valence-electron chi connectivity index (χ1n) is 13.0. The van der Waals surface area contributed by atoms with Gasteiger partial charge in [-0.25, -0.2) is 0 Å². The third-order valence-electron chi connectivity index (χ3n) is 7.08. The van der Waals surface area contributed by atoms with Crippen LogP contribution in [0.1, 0.15) is 45.0 Å². The fraction of sp³-hybridized carbons (Fsp3) is 0.176. The van der Waals surface area contributed by atoms with Crippen molar-refractivity contribution in [2.24, 2.45) is 9.98 Å². The van der Waals surface area contributed by atoms with Crippen molar-refractivity contribution in [1.29, 1.82) is 0 Å². The average molecular weight is 499 g/mol. The van der Waals surface area contributed by atoms with Crippen molar-refractivity contribution in [3.63, 3.8) is 0 Å². The number of rotatable bonds is 6. The Bertz CT molecular complexity index is 1500. The zero-order chi connectivity index (χ0) is 26.8. The van der Waals surface area contributed by atoms with E-state index in [-0.39, 0.29) is 0 Å². The minimum Gasteiger partial charge on any atom is -0.318 e. The lowest BCUT2D eigenvalue weighted by molar-refractivity contribution is 0.964. The summed E-state index contributed by atoms with van der Waals surface area (Å²) in [5.41, 5.74) is 13.7. The van der Waals surface area contributed by atoms with Gasteiger partial charge in [0.05, 0.1) is 11.4 Å². The van der Waals surface area contributed by atoms with E-state index in [0.717, 1.165) is 22.5 Å². The molecule has 4 nitrogen and oxygen atoms in total. The number of nitrogens with zero attached hydrogens (tertiary/aromatic N) is 4. The number of hydrogen-bond donors (Lipinski definition) is 0. The predicted octanol–water partition coefficient (Wildman–Crippen LogP) is 8.62. The highest BCUT2D eigenvalue weighted by molar-refractivity contribution is 5.85. The molecule has 0 saturated heterocycles. The van der Waals surface area contributed by atoms with Crippen LogP contribution >= 0.6 is 0 Å². The normalized spacial score (nSPS) is 11.7. The van der Waals surface area contributed by atoms with E-state index < -0.39 is 0 Å². The third kappa shape index (κ3) is 5.16. The van der Waals surface area contributed by atoms with Crippen LogP contribution in [-0.4, -0.2) is 21.6 Å². The largest absolute Gasteiger partial charge is 0.318 e. The number of benzene rings is 3. The van der Waals surface area contributed by atoms with Crippen LogP contribution in [0.4, 0.5) is 11.4 Å². The van der Waals surface area contributed by atoms with E-state index in [2.05, 4.69) is 111 Å². The second kappa shape index (κ2) is 10.5. The van der Waals surface area contributed by atoms with Gasteiger partial charge in [0.25, 0.3) is 0 Å². The quantitative estimate of drug-likeness (QED) is 0.210. The van der Waals surface area contributed by atoms with Crippen LogP contribution in [0.5, 0.6) is 0 Å². The molecule has 5 aromatic rings. The van der Waals surface area contributed by atoms with E-state index in [1.165, 1.54) is 45.3 Å². The second-order valence-corrected chi connectivity index (χ2v) is 10.0. The van der Waals surface area contributed by atoms with Gasteiger partial charge in [0.1, 0.15) is 0 Å². The summed E-state index contributed by atoms with van der Waals surface area (Å²) in [5.74, 6) is 0. The van der Waals surface area contributed by atoms with Crippen LogP contribution in [0.25, 0.3) is 11.4 Å². The molecule has 0 unspecified atom stereocenters. The molecule has 3 aromatic carbocycles. The Morgan fingerprint density at radius 1 is 0.474 bits per heavy atom. The van der Waals surface area contributed by atoms with Crippen LogP contribution < -0.4 is 0 Å². The molecule has 0 N–H and O–H groups in total. The molecule has 5 rings (SSSR count). The van der Waals surface area contributed by atoms with Crippen molar-refractivity contribution in [2.75, 3.05) is 0 Å². The van der Waals surface area contributed by atoms with Crippen molar-refractivity contribution in [3.8, 4) is 11.4 Å². The molecule has 190 valence electrons. The lowest BCUT2D eigenvalue weighted by atomic mass is 10.2. The van der Waals surface area contributed by atoms with E-state index in [0.29, 0.717) is 0 Å². The summed E-state index contributed by atoms with van der Waals surface area (Å²) in [6.45, 7) is 12.8. The van der Waals surface area contributed by atoms with Crippen LogP contribution in [0.3, 0.4) is 0 Å². The van der Waals surface area contributed by atoms with Gasteiger partial charge >= 0.3 is 0 Å². The zero-order valence-electron chi connectivity index (χ0n) is 23.0. The van der Waals surface area contributed by atoms with Gasteiger partial charge < -0.3 is 9.13 Å². The maximum atomic E-state index is 4.73. The molecular weight excluding hydrogens is 464 g/mol. The Hall–Kier alpha value is -4.44. The Kier molecular flexibility index (Phi) is 6.97. The van der Waals surface area contributed by atoms with E-state index >= 15 is 0 Å². The molecule has 0 aliphatic carbocycles. The predicted molar refractivity (Wildman–Crippen MR) is 161 cm³/mol. The summed E-state index contributed by atoms with van der Waals surface area (Å²) >= 11 is 0. The first-order chi connectivity index (χ1) is 18.3. The lowest BCUT2D eigenvalue weighted by Crippen LogP contribution is -1.99. The molecule has 0 spiro atoms. The van der Waals surface area contributed by atoms with E-state index in [9.17, 15) is 0 Å². The first kappa shape index (κ1) is 25.2. The summed E-state index contributed by atoms with van der Waals surface area (Å²) in [6.07, 6.45) is 3.90. The van der Waals surface area contributed by atoms with E-state index in [4.69, 9.17) is 9.98 Å². The minimum absolute atomic E-state index is 0.904. The average Bonchev–Trinajstić information content (AvgIpc) is 3.36. The van der Waals surface area contributed by atoms with Crippen LogP contribution in [0, 0.1) is 41.5 Å². The maximum Gasteiger partial charge on any atom is 0.0631 e. The standard InChI is InChI=1S/C34H34N4/c1-23-7-15-33(16-8-23)37-25(3)19-29(27(37)5)21-35-31-11-13-32(14-12-31)36-22-30-20-26(4)38(28(30)6)34-17-9-24(2)10-18-34/h7-22H,1-6H3. The van der Waals surface area contributed by atoms with Gasteiger partial charge in [-0.3, -0.25) is 9.98 Å². The smallest absolute Gasteiger partial charge is 0.0631 e. The topological polar surface area (TPSA) is 34.6 Å². The van der Waals surface area contributed by atoms with Crippen LogP contribution in [0.15, 0.2) is 94.9 Å². The van der Waals surface area contributed by atoms with Crippen molar-refractivity contribution < 1.29 is 0 Å². The summed E-state index contributed by atoms with van der Waals surface area (Å²) in [7, 11) is 0. The zero-order valence-corrected chi connectivity index (χ0v) is 23.0. The molecule has 0 bridgehead atoms. The van der Waals surface area contributed by atoms with Gasteiger partial charge in [-0.15, -0.1) is 0 Å². The van der Waals surface area contributed by atoms with Gasteiger partial charge in [0.15, 0.2) is 0 Å². The molecule has 0 fully saturated rings. The Morgan fingerprint density at radius 3 is 1.16 bits per heavy atom. The SMILES string of the molecule is Cc1ccc(-n2c(C)cc(C=Nc3ccc(N=Cc4cc(C)n(-c5ccc(C)cc5)c4C)cc3)c2C)cc1. The molecule has 0 atom stereocenters. The van der Waals surface area contributed by atoms with Gasteiger partial charge in [-0.1, -0.05) is 35.4 Å². The summed E-state index contributed by atoms with van der Waals surface area (Å²) in [6, 6.07) is 29.7. The van der Waals surface area contributed by atoms with Crippen molar-refractivity contribution >= 4 is 23.8 Å². The molecule has 0 saturated carbocycles. The maximum absolute atomic E-state index is 4.73. The third-order valence-corrected chi connectivity index (χ3v) is 7.08. The molecular formula is C34H34N4. The number of aromatic nitrogens is 2. The monoisotopic (exact) mass is 498 g/mol. The van der Waals surface area contributed by atoms with E-state index in [1.807, 2.05) is 36.7 Å². The number of aliphatic imine (C=N–C) groups is 2. The first-order valence-corrected chi connectivity index (χ1v) is 13.0. The number of hydrogen-bond acceptors (Lipinski definition) is 2. The van der Waals surface area contributed by atoms with Gasteiger partial charge in [-0.2, -0.15) is 0 Å². The molecule has 4 heteroatoms. The van der Waals surface area contributed by atoms with Crippen LogP contribution in [0.2, 0.25) is 0 Å². The van der Waals surface area contributed by atoms with Gasteiger partial charge in [-0.05, 0) is 102 Å². The highest BCUT2D eigenvalue weighted by Crippen LogP contribution is 2.24. The van der Waals surface area contributed by atoms with Crippen molar-refractivity contribution in [1.82, 2.24) is 9.13 Å². The summed E-state index contributed by atoms with van der Waals surface area (Å²) < 4.78 is 4.54. The fourth-order valence-corrected chi connectivity index (χ4v) is 4.93. The fourth-order valence-electron chi connectivity index (χ4n) is 4.93. The van der Waals surface area contributed by atoms with Crippen molar-refractivity contribution in [3.05, 3.63) is 130 Å². The second-order valence-electron chi connectivity index (χ2n) is 10.0. The lowest BCUT2D eigenvalue weighted by Gasteiger charge is -2.09. The Balaban J connectivity index is 1.31. The van der Waals surface area contributed by atoms with Crippen LogP contribution in [-0.2, 0) is 0 Å². The van der Waals surface area contributed by atoms with Gasteiger partial charge in [0, 0.05) is 57.7 Å². The number of aryl methyl sites for hydroxylation is 4.